The van der Waals surface area contributed by atoms with Crippen molar-refractivity contribution >= 4 is 18.3 Å². The van der Waals surface area contributed by atoms with Crippen molar-refractivity contribution in [3.05, 3.63) is 35.4 Å². The number of nitrogens with two attached hydrogens (primary N) is 1. The Kier molecular flexibility index (Phi) is 6.33. The SMILES string of the molecule is CC(C)C(C)(CN)NC(=O)C1CC1c1cccc(C(F)(F)F)c1.Cl. The summed E-state index contributed by atoms with van der Waals surface area (Å²) in [6.07, 6.45) is -3.79. The highest BCUT2D eigenvalue weighted by Crippen LogP contribution is 2.48. The van der Waals surface area contributed by atoms with E-state index in [2.05, 4.69) is 5.32 Å². The van der Waals surface area contributed by atoms with E-state index in [1.54, 1.807) is 6.07 Å². The highest BCUT2D eigenvalue weighted by Gasteiger charge is 2.46. The first kappa shape index (κ1) is 20.8. The monoisotopic (exact) mass is 364 g/mol. The van der Waals surface area contributed by atoms with Crippen LogP contribution in [0.2, 0.25) is 0 Å². The van der Waals surface area contributed by atoms with Crippen molar-refractivity contribution in [1.29, 1.82) is 0 Å². The van der Waals surface area contributed by atoms with Crippen LogP contribution in [0.15, 0.2) is 24.3 Å². The Morgan fingerprint density at radius 2 is 2.00 bits per heavy atom. The van der Waals surface area contributed by atoms with Gasteiger partial charge in [0, 0.05) is 12.5 Å². The van der Waals surface area contributed by atoms with Crippen LogP contribution in [-0.2, 0) is 11.0 Å². The summed E-state index contributed by atoms with van der Waals surface area (Å²) in [6, 6.07) is 5.23. The number of benzene rings is 1. The minimum Gasteiger partial charge on any atom is -0.349 e. The predicted molar refractivity (Wildman–Crippen MR) is 90.0 cm³/mol. The molecule has 0 aromatic heterocycles. The van der Waals surface area contributed by atoms with Crippen LogP contribution in [0.3, 0.4) is 0 Å². The summed E-state index contributed by atoms with van der Waals surface area (Å²) in [5.74, 6) is -0.383. The molecule has 1 aromatic rings. The molecule has 7 heteroatoms. The van der Waals surface area contributed by atoms with Gasteiger partial charge in [-0.1, -0.05) is 32.0 Å². The molecule has 136 valence electrons. The van der Waals surface area contributed by atoms with Crippen LogP contribution in [0.1, 0.15) is 44.2 Å². The van der Waals surface area contributed by atoms with Crippen LogP contribution in [0.5, 0.6) is 0 Å². The third kappa shape index (κ3) is 4.42. The molecule has 0 bridgehead atoms. The lowest BCUT2D eigenvalue weighted by atomic mass is 9.88. The fourth-order valence-electron chi connectivity index (χ4n) is 2.60. The summed E-state index contributed by atoms with van der Waals surface area (Å²) in [7, 11) is 0. The summed E-state index contributed by atoms with van der Waals surface area (Å²) < 4.78 is 38.3. The molecule has 1 amide bonds. The molecule has 0 heterocycles. The Morgan fingerprint density at radius 1 is 1.38 bits per heavy atom. The highest BCUT2D eigenvalue weighted by atomic mass is 35.5. The topological polar surface area (TPSA) is 55.1 Å². The lowest BCUT2D eigenvalue weighted by Gasteiger charge is -2.33. The van der Waals surface area contributed by atoms with E-state index in [4.69, 9.17) is 5.73 Å². The molecule has 0 spiro atoms. The summed E-state index contributed by atoms with van der Waals surface area (Å²) in [4.78, 5) is 12.4. The van der Waals surface area contributed by atoms with Crippen LogP contribution in [0.4, 0.5) is 13.2 Å². The molecule has 0 aliphatic heterocycles. The number of amides is 1. The molecule has 1 aliphatic rings. The molecule has 1 saturated carbocycles. The van der Waals surface area contributed by atoms with Crippen molar-refractivity contribution in [1.82, 2.24) is 5.32 Å². The lowest BCUT2D eigenvalue weighted by molar-refractivity contribution is -0.137. The molecular weight excluding hydrogens is 341 g/mol. The Hall–Kier alpha value is -1.27. The molecule has 3 nitrogen and oxygen atoms in total. The standard InChI is InChI=1S/C17H23F3N2O.ClH/c1-10(2)16(3,9-21)22-15(23)14-8-13(14)11-5-4-6-12(7-11)17(18,19)20;/h4-7,10,13-14H,8-9,21H2,1-3H3,(H,22,23);1H. The zero-order valence-electron chi connectivity index (χ0n) is 14.0. The van der Waals surface area contributed by atoms with Crippen LogP contribution in [0.25, 0.3) is 0 Å². The van der Waals surface area contributed by atoms with E-state index >= 15 is 0 Å². The lowest BCUT2D eigenvalue weighted by Crippen LogP contribution is -2.55. The number of carbonyl (C=O) groups excluding carboxylic acids is 1. The Bertz CT molecular complexity index is 591. The number of hydrogen-bond donors (Lipinski definition) is 2. The van der Waals surface area contributed by atoms with Gasteiger partial charge in [-0.05, 0) is 36.8 Å². The largest absolute Gasteiger partial charge is 0.416 e. The molecule has 2 rings (SSSR count). The second-order valence-electron chi connectivity index (χ2n) is 6.84. The third-order valence-electron chi connectivity index (χ3n) is 4.88. The van der Waals surface area contributed by atoms with Crippen LogP contribution in [0, 0.1) is 11.8 Å². The number of rotatable bonds is 5. The maximum absolute atomic E-state index is 12.8. The van der Waals surface area contributed by atoms with Crippen molar-refractivity contribution in [3.63, 3.8) is 0 Å². The van der Waals surface area contributed by atoms with E-state index < -0.39 is 17.3 Å². The third-order valence-corrected chi connectivity index (χ3v) is 4.88. The second-order valence-corrected chi connectivity index (χ2v) is 6.84. The molecule has 1 fully saturated rings. The minimum atomic E-state index is -4.36. The second kappa shape index (κ2) is 7.31. The normalized spacial score (nSPS) is 22.5. The van der Waals surface area contributed by atoms with E-state index in [-0.39, 0.29) is 36.1 Å². The van der Waals surface area contributed by atoms with Gasteiger partial charge in [0.25, 0.3) is 0 Å². The molecule has 0 saturated heterocycles. The Balaban J connectivity index is 0.00000288. The molecule has 0 radical (unpaired) electrons. The van der Waals surface area contributed by atoms with Gasteiger partial charge in [0.2, 0.25) is 5.91 Å². The van der Waals surface area contributed by atoms with Crippen molar-refractivity contribution in [3.8, 4) is 0 Å². The van der Waals surface area contributed by atoms with Gasteiger partial charge in [-0.2, -0.15) is 13.2 Å². The maximum atomic E-state index is 12.8. The predicted octanol–water partition coefficient (Wildman–Crippen LogP) is 3.72. The van der Waals surface area contributed by atoms with E-state index in [1.165, 1.54) is 6.07 Å². The summed E-state index contributed by atoms with van der Waals surface area (Å²) >= 11 is 0. The summed E-state index contributed by atoms with van der Waals surface area (Å²) in [5, 5.41) is 2.96. The molecule has 3 unspecified atom stereocenters. The van der Waals surface area contributed by atoms with Gasteiger partial charge in [-0.25, -0.2) is 0 Å². The van der Waals surface area contributed by atoms with Crippen molar-refractivity contribution in [2.75, 3.05) is 6.54 Å². The molecule has 3 atom stereocenters. The van der Waals surface area contributed by atoms with Crippen LogP contribution in [-0.4, -0.2) is 18.0 Å². The van der Waals surface area contributed by atoms with Gasteiger partial charge >= 0.3 is 6.18 Å². The van der Waals surface area contributed by atoms with Crippen LogP contribution < -0.4 is 11.1 Å². The number of alkyl halides is 3. The van der Waals surface area contributed by atoms with Crippen molar-refractivity contribution in [2.45, 2.75) is 44.8 Å². The fraction of sp³-hybridized carbons (Fsp3) is 0.588. The fourth-order valence-corrected chi connectivity index (χ4v) is 2.60. The first-order chi connectivity index (χ1) is 10.6. The summed E-state index contributed by atoms with van der Waals surface area (Å²) in [5.41, 5.74) is 5.15. The molecular formula is C17H24ClF3N2O. The number of carbonyl (C=O) groups is 1. The van der Waals surface area contributed by atoms with Gasteiger partial charge in [-0.15, -0.1) is 12.4 Å². The van der Waals surface area contributed by atoms with E-state index in [9.17, 15) is 18.0 Å². The van der Waals surface area contributed by atoms with Crippen LogP contribution >= 0.6 is 12.4 Å². The summed E-state index contributed by atoms with van der Waals surface area (Å²) in [6.45, 7) is 6.16. The number of nitrogens with one attached hydrogen (secondary N) is 1. The van der Waals surface area contributed by atoms with Gasteiger partial charge in [0.15, 0.2) is 0 Å². The zero-order valence-corrected chi connectivity index (χ0v) is 14.8. The van der Waals surface area contributed by atoms with E-state index in [0.29, 0.717) is 18.5 Å². The first-order valence-electron chi connectivity index (χ1n) is 7.77. The minimum absolute atomic E-state index is 0. The van der Waals surface area contributed by atoms with Gasteiger partial charge in [0.05, 0.1) is 11.1 Å². The first-order valence-corrected chi connectivity index (χ1v) is 7.77. The Labute approximate surface area is 146 Å². The number of halogens is 4. The average Bonchev–Trinajstić information content (AvgIpc) is 3.26. The van der Waals surface area contributed by atoms with Gasteiger partial charge in [0.1, 0.15) is 0 Å². The Morgan fingerprint density at radius 3 is 2.50 bits per heavy atom. The van der Waals surface area contributed by atoms with Crippen molar-refractivity contribution in [2.24, 2.45) is 17.6 Å². The molecule has 24 heavy (non-hydrogen) atoms. The number of hydrogen-bond acceptors (Lipinski definition) is 2. The maximum Gasteiger partial charge on any atom is 0.416 e. The van der Waals surface area contributed by atoms with E-state index in [1.807, 2.05) is 20.8 Å². The smallest absolute Gasteiger partial charge is 0.349 e. The quantitative estimate of drug-likeness (QED) is 0.836. The molecule has 1 aliphatic carbocycles. The molecule has 3 N–H and O–H groups in total. The zero-order chi connectivity index (χ0) is 17.4. The van der Waals surface area contributed by atoms with E-state index in [0.717, 1.165) is 12.1 Å². The average molecular weight is 365 g/mol. The highest BCUT2D eigenvalue weighted by molar-refractivity contribution is 5.85. The van der Waals surface area contributed by atoms with Gasteiger partial charge < -0.3 is 11.1 Å². The van der Waals surface area contributed by atoms with Crippen molar-refractivity contribution < 1.29 is 18.0 Å². The molecule has 1 aromatic carbocycles. The van der Waals surface area contributed by atoms with Gasteiger partial charge in [-0.3, -0.25) is 4.79 Å².